The van der Waals surface area contributed by atoms with Gasteiger partial charge in [0.2, 0.25) is 0 Å². The molecule has 0 aliphatic carbocycles. The van der Waals surface area contributed by atoms with Crippen LogP contribution in [-0.4, -0.2) is 6.61 Å². The van der Waals surface area contributed by atoms with Gasteiger partial charge in [-0.2, -0.15) is 0 Å². The van der Waals surface area contributed by atoms with Gasteiger partial charge in [0, 0.05) is 0 Å². The fourth-order valence-corrected chi connectivity index (χ4v) is 1.15. The molecule has 0 spiro atoms. The summed E-state index contributed by atoms with van der Waals surface area (Å²) < 4.78 is 0. The van der Waals surface area contributed by atoms with Gasteiger partial charge in [0.25, 0.3) is 0 Å². The highest BCUT2D eigenvalue weighted by Gasteiger charge is 2.19. The molecule has 0 fully saturated rings. The summed E-state index contributed by atoms with van der Waals surface area (Å²) in [5, 5.41) is 10.6. The van der Waals surface area contributed by atoms with Crippen molar-refractivity contribution in [3.63, 3.8) is 0 Å². The molecule has 0 aliphatic rings. The second-order valence-corrected chi connectivity index (χ2v) is 4.03. The average Bonchev–Trinajstić information content (AvgIpc) is 1.87. The molecule has 1 unspecified atom stereocenters. The monoisotopic (exact) mass is 143 g/mol. The summed E-state index contributed by atoms with van der Waals surface area (Å²) in [7, 11) is 0. The third-order valence-electron chi connectivity index (χ3n) is 1.99. The molecule has 0 aromatic heterocycles. The van der Waals surface area contributed by atoms with Crippen LogP contribution in [0.2, 0.25) is 0 Å². The molecule has 0 bridgehead atoms. The van der Waals surface area contributed by atoms with Gasteiger partial charge in [-0.15, -0.1) is 0 Å². The summed E-state index contributed by atoms with van der Waals surface area (Å²) in [5.41, 5.74) is 0.00935. The van der Waals surface area contributed by atoms with E-state index < -0.39 is 0 Å². The van der Waals surface area contributed by atoms with Crippen LogP contribution in [0.4, 0.5) is 0 Å². The molecular formula is C9H19O. The van der Waals surface area contributed by atoms with Crippen LogP contribution in [0.1, 0.15) is 40.5 Å². The zero-order valence-corrected chi connectivity index (χ0v) is 7.61. The standard InChI is InChI=1S/C9H19O/c1-5-8(2)6-9(3,4)7-10/h8H,5-7H2,1-4H3. The van der Waals surface area contributed by atoms with Crippen LogP contribution < -0.4 is 0 Å². The summed E-state index contributed by atoms with van der Waals surface area (Å²) >= 11 is 0. The minimum Gasteiger partial charge on any atom is -0.236 e. The topological polar surface area (TPSA) is 19.9 Å². The van der Waals surface area contributed by atoms with Gasteiger partial charge in [0.15, 0.2) is 0 Å². The van der Waals surface area contributed by atoms with Gasteiger partial charge < -0.3 is 0 Å². The molecule has 0 saturated heterocycles. The molecule has 0 heterocycles. The van der Waals surface area contributed by atoms with Crippen LogP contribution >= 0.6 is 0 Å². The van der Waals surface area contributed by atoms with Crippen LogP contribution in [0.25, 0.3) is 0 Å². The van der Waals surface area contributed by atoms with Crippen molar-refractivity contribution >= 4 is 0 Å². The normalized spacial score (nSPS) is 15.3. The quantitative estimate of drug-likeness (QED) is 0.576. The maximum atomic E-state index is 10.6. The summed E-state index contributed by atoms with van der Waals surface area (Å²) in [6, 6.07) is 0. The maximum Gasteiger partial charge on any atom is 0.0873 e. The number of rotatable bonds is 4. The highest BCUT2D eigenvalue weighted by atomic mass is 16.3. The van der Waals surface area contributed by atoms with E-state index in [2.05, 4.69) is 13.8 Å². The van der Waals surface area contributed by atoms with E-state index in [1.54, 1.807) is 0 Å². The minimum absolute atomic E-state index is 0.00935. The van der Waals surface area contributed by atoms with E-state index in [9.17, 15) is 5.11 Å². The molecule has 0 saturated carbocycles. The predicted molar refractivity (Wildman–Crippen MR) is 43.4 cm³/mol. The molecule has 0 amide bonds. The van der Waals surface area contributed by atoms with Crippen LogP contribution in [-0.2, 0) is 5.11 Å². The molecule has 1 nitrogen and oxygen atoms in total. The van der Waals surface area contributed by atoms with E-state index in [1.165, 1.54) is 6.42 Å². The lowest BCUT2D eigenvalue weighted by Crippen LogP contribution is -2.18. The smallest absolute Gasteiger partial charge is 0.0873 e. The van der Waals surface area contributed by atoms with E-state index in [1.807, 2.05) is 13.8 Å². The largest absolute Gasteiger partial charge is 0.236 e. The van der Waals surface area contributed by atoms with Crippen LogP contribution in [0, 0.1) is 11.3 Å². The van der Waals surface area contributed by atoms with Crippen molar-refractivity contribution in [1.82, 2.24) is 0 Å². The molecule has 0 aliphatic heterocycles. The zero-order chi connectivity index (χ0) is 8.20. The summed E-state index contributed by atoms with van der Waals surface area (Å²) in [6.45, 7) is 8.53. The zero-order valence-electron chi connectivity index (χ0n) is 7.61. The van der Waals surface area contributed by atoms with Gasteiger partial charge in [-0.25, -0.2) is 5.11 Å². The molecule has 61 valence electrons. The van der Waals surface area contributed by atoms with Crippen molar-refractivity contribution in [3.8, 4) is 0 Å². The van der Waals surface area contributed by atoms with Crippen molar-refractivity contribution in [2.75, 3.05) is 6.61 Å². The Hall–Kier alpha value is -0.0400. The van der Waals surface area contributed by atoms with Gasteiger partial charge in [-0.1, -0.05) is 34.1 Å². The lowest BCUT2D eigenvalue weighted by molar-refractivity contribution is 0.0756. The van der Waals surface area contributed by atoms with Gasteiger partial charge in [0.05, 0.1) is 6.61 Å². The molecule has 0 N–H and O–H groups in total. The lowest BCUT2D eigenvalue weighted by atomic mass is 9.83. The Bertz CT molecular complexity index is 86.7. The molecule has 1 atom stereocenters. The van der Waals surface area contributed by atoms with Crippen LogP contribution in [0.3, 0.4) is 0 Å². The van der Waals surface area contributed by atoms with Gasteiger partial charge >= 0.3 is 0 Å². The average molecular weight is 143 g/mol. The van der Waals surface area contributed by atoms with Crippen molar-refractivity contribution in [3.05, 3.63) is 0 Å². The second-order valence-electron chi connectivity index (χ2n) is 4.03. The Labute approximate surface area is 64.5 Å². The molecule has 10 heavy (non-hydrogen) atoms. The van der Waals surface area contributed by atoms with Gasteiger partial charge in [-0.3, -0.25) is 0 Å². The molecular weight excluding hydrogens is 124 g/mol. The van der Waals surface area contributed by atoms with Crippen molar-refractivity contribution in [1.29, 1.82) is 0 Å². The summed E-state index contributed by atoms with van der Waals surface area (Å²) in [4.78, 5) is 0. The third kappa shape index (κ3) is 3.89. The van der Waals surface area contributed by atoms with E-state index in [4.69, 9.17) is 0 Å². The van der Waals surface area contributed by atoms with Gasteiger partial charge in [0.1, 0.15) is 0 Å². The first-order valence-corrected chi connectivity index (χ1v) is 4.10. The first-order chi connectivity index (χ1) is 4.52. The SMILES string of the molecule is CCC(C)CC(C)(C)C[O]. The lowest BCUT2D eigenvalue weighted by Gasteiger charge is -2.23. The van der Waals surface area contributed by atoms with E-state index in [-0.39, 0.29) is 12.0 Å². The Morgan fingerprint density at radius 2 is 1.90 bits per heavy atom. The second kappa shape index (κ2) is 3.97. The van der Waals surface area contributed by atoms with E-state index in [0.717, 1.165) is 6.42 Å². The Morgan fingerprint density at radius 3 is 2.20 bits per heavy atom. The van der Waals surface area contributed by atoms with Crippen molar-refractivity contribution in [2.45, 2.75) is 40.5 Å². The summed E-state index contributed by atoms with van der Waals surface area (Å²) in [6.07, 6.45) is 2.25. The maximum absolute atomic E-state index is 10.6. The highest BCUT2D eigenvalue weighted by molar-refractivity contribution is 4.69. The first-order valence-electron chi connectivity index (χ1n) is 4.10. The van der Waals surface area contributed by atoms with E-state index in [0.29, 0.717) is 5.92 Å². The fraction of sp³-hybridized carbons (Fsp3) is 1.00. The Kier molecular flexibility index (Phi) is 3.95. The molecule has 0 rings (SSSR count). The molecule has 1 heteroatoms. The van der Waals surface area contributed by atoms with Crippen LogP contribution in [0.5, 0.6) is 0 Å². The third-order valence-corrected chi connectivity index (χ3v) is 1.99. The summed E-state index contributed by atoms with van der Waals surface area (Å²) in [5.74, 6) is 0.698. The molecule has 0 aromatic carbocycles. The first kappa shape index (κ1) is 9.96. The van der Waals surface area contributed by atoms with E-state index >= 15 is 0 Å². The van der Waals surface area contributed by atoms with Crippen molar-refractivity contribution in [2.24, 2.45) is 11.3 Å². The van der Waals surface area contributed by atoms with Crippen LogP contribution in [0.15, 0.2) is 0 Å². The highest BCUT2D eigenvalue weighted by Crippen LogP contribution is 2.25. The Balaban J connectivity index is 3.64. The molecule has 0 aromatic rings. The number of hydrogen-bond acceptors (Lipinski definition) is 0. The van der Waals surface area contributed by atoms with Gasteiger partial charge in [-0.05, 0) is 17.8 Å². The predicted octanol–water partition coefficient (Wildman–Crippen LogP) is 2.88. The number of hydrogen-bond donors (Lipinski definition) is 0. The molecule has 1 radical (unpaired) electrons. The minimum atomic E-state index is 0.00935. The Morgan fingerprint density at radius 1 is 1.40 bits per heavy atom. The van der Waals surface area contributed by atoms with Crippen molar-refractivity contribution < 1.29 is 5.11 Å². The fourth-order valence-electron chi connectivity index (χ4n) is 1.15.